The van der Waals surface area contributed by atoms with Crippen LogP contribution in [0.2, 0.25) is 0 Å². The van der Waals surface area contributed by atoms with Crippen LogP contribution in [-0.4, -0.2) is 41.4 Å². The number of amides is 1. The normalized spacial score (nSPS) is 16.8. The molecule has 0 aliphatic heterocycles. The smallest absolute Gasteiger partial charge is 0.230 e. The number of anilines is 1. The molecule has 0 saturated heterocycles. The van der Waals surface area contributed by atoms with Gasteiger partial charge in [-0.1, -0.05) is 19.8 Å². The van der Waals surface area contributed by atoms with E-state index in [1.54, 1.807) is 4.90 Å². The maximum absolute atomic E-state index is 12.5. The standard InChI is InChI=1S/C16H26N4O/c1-5-13-10-14(19-12(2)18-13)17-11-16(8-6-7-9-16)15(21)20(3)4/h10H,5-9,11H2,1-4H3,(H,17,18,19). The van der Waals surface area contributed by atoms with Crippen LogP contribution < -0.4 is 5.32 Å². The van der Waals surface area contributed by atoms with Crippen LogP contribution in [0, 0.1) is 12.3 Å². The van der Waals surface area contributed by atoms with Crippen molar-refractivity contribution >= 4 is 11.7 Å². The van der Waals surface area contributed by atoms with Gasteiger partial charge in [-0.15, -0.1) is 0 Å². The minimum Gasteiger partial charge on any atom is -0.369 e. The van der Waals surface area contributed by atoms with Crippen molar-refractivity contribution in [1.82, 2.24) is 14.9 Å². The summed E-state index contributed by atoms with van der Waals surface area (Å²) in [6, 6.07) is 1.98. The average Bonchev–Trinajstić information content (AvgIpc) is 2.93. The van der Waals surface area contributed by atoms with Crippen molar-refractivity contribution < 1.29 is 4.79 Å². The Hall–Kier alpha value is -1.65. The van der Waals surface area contributed by atoms with Crippen molar-refractivity contribution in [3.05, 3.63) is 17.6 Å². The summed E-state index contributed by atoms with van der Waals surface area (Å²) in [7, 11) is 3.68. The van der Waals surface area contributed by atoms with Gasteiger partial charge >= 0.3 is 0 Å². The third-order valence-corrected chi connectivity index (χ3v) is 4.28. The van der Waals surface area contributed by atoms with E-state index in [1.165, 1.54) is 0 Å². The molecule has 5 heteroatoms. The molecular weight excluding hydrogens is 264 g/mol. The average molecular weight is 290 g/mol. The van der Waals surface area contributed by atoms with Gasteiger partial charge in [-0.05, 0) is 26.2 Å². The summed E-state index contributed by atoms with van der Waals surface area (Å²) >= 11 is 0. The van der Waals surface area contributed by atoms with Gasteiger partial charge < -0.3 is 10.2 Å². The zero-order chi connectivity index (χ0) is 15.5. The van der Waals surface area contributed by atoms with E-state index in [4.69, 9.17) is 0 Å². The van der Waals surface area contributed by atoms with Crippen LogP contribution >= 0.6 is 0 Å². The van der Waals surface area contributed by atoms with E-state index in [-0.39, 0.29) is 11.3 Å². The highest BCUT2D eigenvalue weighted by Gasteiger charge is 2.41. The third-order valence-electron chi connectivity index (χ3n) is 4.28. The van der Waals surface area contributed by atoms with Crippen molar-refractivity contribution in [2.24, 2.45) is 5.41 Å². The van der Waals surface area contributed by atoms with Crippen LogP contribution in [0.1, 0.15) is 44.1 Å². The molecule has 1 amide bonds. The first-order valence-electron chi connectivity index (χ1n) is 7.77. The lowest BCUT2D eigenvalue weighted by Gasteiger charge is -2.31. The summed E-state index contributed by atoms with van der Waals surface area (Å²) in [5.41, 5.74) is 0.763. The van der Waals surface area contributed by atoms with Crippen molar-refractivity contribution in [2.45, 2.75) is 46.0 Å². The SMILES string of the molecule is CCc1cc(NCC2(C(=O)N(C)C)CCCC2)nc(C)n1. The monoisotopic (exact) mass is 290 g/mol. The second-order valence-electron chi connectivity index (χ2n) is 6.19. The first-order valence-corrected chi connectivity index (χ1v) is 7.77. The molecule has 0 atom stereocenters. The first-order chi connectivity index (χ1) is 9.97. The molecule has 1 N–H and O–H groups in total. The van der Waals surface area contributed by atoms with E-state index >= 15 is 0 Å². The van der Waals surface area contributed by atoms with Gasteiger partial charge in [-0.25, -0.2) is 9.97 Å². The molecule has 0 bridgehead atoms. The number of hydrogen-bond donors (Lipinski definition) is 1. The molecule has 1 heterocycles. The molecule has 21 heavy (non-hydrogen) atoms. The largest absolute Gasteiger partial charge is 0.369 e. The minimum atomic E-state index is -0.269. The highest BCUT2D eigenvalue weighted by atomic mass is 16.2. The number of nitrogens with zero attached hydrogens (tertiary/aromatic N) is 3. The Labute approximate surface area is 127 Å². The molecule has 1 aromatic rings. The second-order valence-corrected chi connectivity index (χ2v) is 6.19. The Morgan fingerprint density at radius 1 is 1.33 bits per heavy atom. The fourth-order valence-electron chi connectivity index (χ4n) is 3.15. The fraction of sp³-hybridized carbons (Fsp3) is 0.688. The van der Waals surface area contributed by atoms with E-state index < -0.39 is 0 Å². The topological polar surface area (TPSA) is 58.1 Å². The Morgan fingerprint density at radius 3 is 2.57 bits per heavy atom. The second kappa shape index (κ2) is 6.41. The molecule has 0 unspecified atom stereocenters. The van der Waals surface area contributed by atoms with Gasteiger partial charge in [0.25, 0.3) is 0 Å². The molecule has 5 nitrogen and oxygen atoms in total. The minimum absolute atomic E-state index is 0.231. The quantitative estimate of drug-likeness (QED) is 0.904. The third kappa shape index (κ3) is 3.52. The Bertz CT molecular complexity index is 507. The molecule has 0 aromatic carbocycles. The highest BCUT2D eigenvalue weighted by molar-refractivity contribution is 5.83. The van der Waals surface area contributed by atoms with E-state index in [1.807, 2.05) is 27.1 Å². The van der Waals surface area contributed by atoms with Gasteiger partial charge in [0.1, 0.15) is 11.6 Å². The Kier molecular flexibility index (Phi) is 4.80. The lowest BCUT2D eigenvalue weighted by Crippen LogP contribution is -2.43. The number of hydrogen-bond acceptors (Lipinski definition) is 4. The lowest BCUT2D eigenvalue weighted by molar-refractivity contribution is -0.138. The van der Waals surface area contributed by atoms with Gasteiger partial charge in [0.2, 0.25) is 5.91 Å². The van der Waals surface area contributed by atoms with Crippen LogP contribution in [0.3, 0.4) is 0 Å². The van der Waals surface area contributed by atoms with Crippen LogP contribution in [0.15, 0.2) is 6.07 Å². The Morgan fingerprint density at radius 2 is 2.00 bits per heavy atom. The molecule has 1 aliphatic rings. The van der Waals surface area contributed by atoms with E-state index in [2.05, 4.69) is 22.2 Å². The first kappa shape index (κ1) is 15.7. The number of nitrogens with one attached hydrogen (secondary N) is 1. The predicted molar refractivity (Wildman–Crippen MR) is 84.2 cm³/mol. The van der Waals surface area contributed by atoms with Crippen LogP contribution in [0.5, 0.6) is 0 Å². The summed E-state index contributed by atoms with van der Waals surface area (Å²) in [5, 5.41) is 3.38. The van der Waals surface area contributed by atoms with E-state index in [0.717, 1.165) is 49.4 Å². The maximum Gasteiger partial charge on any atom is 0.230 e. The maximum atomic E-state index is 12.5. The summed E-state index contributed by atoms with van der Waals surface area (Å²) in [6.45, 7) is 4.64. The molecule has 2 rings (SSSR count). The molecule has 1 fully saturated rings. The zero-order valence-electron chi connectivity index (χ0n) is 13.6. The lowest BCUT2D eigenvalue weighted by atomic mass is 9.84. The summed E-state index contributed by atoms with van der Waals surface area (Å²) < 4.78 is 0. The fourth-order valence-corrected chi connectivity index (χ4v) is 3.15. The van der Waals surface area contributed by atoms with E-state index in [9.17, 15) is 4.79 Å². The van der Waals surface area contributed by atoms with Crippen molar-refractivity contribution in [1.29, 1.82) is 0 Å². The summed E-state index contributed by atoms with van der Waals surface area (Å²) in [4.78, 5) is 23.1. The summed E-state index contributed by atoms with van der Waals surface area (Å²) in [6.07, 6.45) is 5.07. The number of aryl methyl sites for hydroxylation is 2. The van der Waals surface area contributed by atoms with Crippen molar-refractivity contribution in [3.63, 3.8) is 0 Å². The number of carbonyl (C=O) groups excluding carboxylic acids is 1. The van der Waals surface area contributed by atoms with Crippen LogP contribution in [0.25, 0.3) is 0 Å². The zero-order valence-corrected chi connectivity index (χ0v) is 13.6. The van der Waals surface area contributed by atoms with Gasteiger partial charge in [-0.3, -0.25) is 4.79 Å². The number of rotatable bonds is 5. The Balaban J connectivity index is 2.12. The number of carbonyl (C=O) groups is 1. The van der Waals surface area contributed by atoms with Crippen molar-refractivity contribution in [2.75, 3.05) is 26.0 Å². The highest BCUT2D eigenvalue weighted by Crippen LogP contribution is 2.39. The molecular formula is C16H26N4O. The molecule has 0 radical (unpaired) electrons. The molecule has 0 spiro atoms. The summed E-state index contributed by atoms with van der Waals surface area (Å²) in [5.74, 6) is 1.84. The van der Waals surface area contributed by atoms with Gasteiger partial charge in [-0.2, -0.15) is 0 Å². The van der Waals surface area contributed by atoms with Crippen LogP contribution in [-0.2, 0) is 11.2 Å². The predicted octanol–water partition coefficient (Wildman–Crippen LogP) is 2.41. The molecule has 1 aromatic heterocycles. The molecule has 1 aliphatic carbocycles. The van der Waals surface area contributed by atoms with Gasteiger partial charge in [0, 0.05) is 32.4 Å². The molecule has 1 saturated carbocycles. The van der Waals surface area contributed by atoms with Gasteiger partial charge in [0.15, 0.2) is 0 Å². The van der Waals surface area contributed by atoms with Gasteiger partial charge in [0.05, 0.1) is 5.41 Å². The number of aromatic nitrogens is 2. The molecule has 116 valence electrons. The van der Waals surface area contributed by atoms with Crippen LogP contribution in [0.4, 0.5) is 5.82 Å². The van der Waals surface area contributed by atoms with Crippen molar-refractivity contribution in [3.8, 4) is 0 Å². The van der Waals surface area contributed by atoms with E-state index in [0.29, 0.717) is 6.54 Å².